The lowest BCUT2D eigenvalue weighted by Crippen LogP contribution is -2.33. The summed E-state index contributed by atoms with van der Waals surface area (Å²) in [5.74, 6) is -1.01. The first-order valence-corrected chi connectivity index (χ1v) is 13.1. The van der Waals surface area contributed by atoms with Gasteiger partial charge in [0.2, 0.25) is 0 Å². The Morgan fingerprint density at radius 3 is 1.26 bits per heavy atom. The molecule has 0 saturated heterocycles. The van der Waals surface area contributed by atoms with E-state index in [1.807, 2.05) is 0 Å². The van der Waals surface area contributed by atoms with Gasteiger partial charge >= 0.3 is 23.3 Å². The molecule has 2 aromatic rings. The second-order valence-electron chi connectivity index (χ2n) is 9.38. The van der Waals surface area contributed by atoms with Crippen molar-refractivity contribution in [1.29, 1.82) is 0 Å². The molecule has 210 valence electrons. The molecule has 12 nitrogen and oxygen atoms in total. The number of unbranched alkanes of at least 4 members (excludes halogenated alkanes) is 9. The van der Waals surface area contributed by atoms with Gasteiger partial charge in [-0.15, -0.1) is 0 Å². The van der Waals surface area contributed by atoms with Gasteiger partial charge in [0.1, 0.15) is 13.1 Å². The maximum Gasteiger partial charge on any atom is 0.328 e. The van der Waals surface area contributed by atoms with Crippen LogP contribution in [0, 0.1) is 13.8 Å². The lowest BCUT2D eigenvalue weighted by Gasteiger charge is -2.08. The third-order valence-electron chi connectivity index (χ3n) is 6.04. The van der Waals surface area contributed by atoms with Crippen LogP contribution in [0.3, 0.4) is 0 Å². The molecule has 0 bridgehead atoms. The Morgan fingerprint density at radius 2 is 0.921 bits per heavy atom. The fourth-order valence-corrected chi connectivity index (χ4v) is 3.83. The summed E-state index contributed by atoms with van der Waals surface area (Å²) < 4.78 is 12.6. The zero-order chi connectivity index (χ0) is 27.9. The standard InChI is InChI=1S/C26H38N4O8/c1-19-15-29(25(35)27-23(19)33)17-21(31)37-13-11-9-7-5-3-4-6-8-10-12-14-38-22(32)18-30-16-20(2)24(34)28-26(30)36/h15-16H,3-14,17-18H2,1-2H3,(H,27,33,35)(H,28,34,36). The number of carbonyl (C=O) groups is 2. The smallest absolute Gasteiger partial charge is 0.328 e. The largest absolute Gasteiger partial charge is 0.464 e. The molecule has 2 heterocycles. The third kappa shape index (κ3) is 11.1. The van der Waals surface area contributed by atoms with Crippen LogP contribution in [0.1, 0.15) is 75.3 Å². The predicted octanol–water partition coefficient (Wildman–Crippen LogP) is 1.69. The fraction of sp³-hybridized carbons (Fsp3) is 0.615. The first-order valence-electron chi connectivity index (χ1n) is 13.1. The van der Waals surface area contributed by atoms with E-state index in [-0.39, 0.29) is 13.1 Å². The average molecular weight is 535 g/mol. The fourth-order valence-electron chi connectivity index (χ4n) is 3.83. The van der Waals surface area contributed by atoms with Crippen LogP contribution in [0.5, 0.6) is 0 Å². The summed E-state index contributed by atoms with van der Waals surface area (Å²) in [5.41, 5.74) is -1.48. The van der Waals surface area contributed by atoms with Gasteiger partial charge in [0.25, 0.3) is 11.1 Å². The number of hydrogen-bond donors (Lipinski definition) is 2. The van der Waals surface area contributed by atoms with Crippen molar-refractivity contribution >= 4 is 11.9 Å². The Kier molecular flexibility index (Phi) is 13.0. The topological polar surface area (TPSA) is 162 Å². The van der Waals surface area contributed by atoms with Crippen LogP contribution in [0.2, 0.25) is 0 Å². The second-order valence-corrected chi connectivity index (χ2v) is 9.38. The normalized spacial score (nSPS) is 10.9. The van der Waals surface area contributed by atoms with Gasteiger partial charge in [-0.3, -0.25) is 38.3 Å². The number of carbonyl (C=O) groups excluding carboxylic acids is 2. The van der Waals surface area contributed by atoms with Crippen molar-refractivity contribution in [3.63, 3.8) is 0 Å². The van der Waals surface area contributed by atoms with Crippen LogP contribution >= 0.6 is 0 Å². The molecular weight excluding hydrogens is 496 g/mol. The average Bonchev–Trinajstić information content (AvgIpc) is 2.86. The van der Waals surface area contributed by atoms with E-state index < -0.39 is 34.4 Å². The van der Waals surface area contributed by atoms with Gasteiger partial charge in [-0.2, -0.15) is 0 Å². The first kappa shape index (κ1) is 30.5. The maximum absolute atomic E-state index is 11.9. The molecule has 0 fully saturated rings. The molecule has 0 spiro atoms. The number of aromatic nitrogens is 4. The van der Waals surface area contributed by atoms with Crippen molar-refractivity contribution in [3.05, 3.63) is 65.2 Å². The molecule has 0 aliphatic heterocycles. The Morgan fingerprint density at radius 1 is 0.605 bits per heavy atom. The van der Waals surface area contributed by atoms with Gasteiger partial charge in [0.15, 0.2) is 0 Å². The number of nitrogens with one attached hydrogen (secondary N) is 2. The molecular formula is C26H38N4O8. The summed E-state index contributed by atoms with van der Waals surface area (Å²) in [6, 6.07) is 0. The Labute approximate surface area is 220 Å². The molecule has 0 aliphatic carbocycles. The SMILES string of the molecule is Cc1cn(CC(=O)OCCCCCCCCCCCCOC(=O)Cn2cc(C)c(=O)[nH]c2=O)c(=O)[nH]c1=O. The monoisotopic (exact) mass is 534 g/mol. The molecule has 2 rings (SSSR count). The predicted molar refractivity (Wildman–Crippen MR) is 140 cm³/mol. The summed E-state index contributed by atoms with van der Waals surface area (Å²) in [4.78, 5) is 74.2. The van der Waals surface area contributed by atoms with E-state index in [9.17, 15) is 28.8 Å². The third-order valence-corrected chi connectivity index (χ3v) is 6.04. The number of hydrogen-bond acceptors (Lipinski definition) is 8. The summed E-state index contributed by atoms with van der Waals surface area (Å²) in [5, 5.41) is 0. The summed E-state index contributed by atoms with van der Waals surface area (Å²) in [7, 11) is 0. The molecule has 2 aromatic heterocycles. The summed E-state index contributed by atoms with van der Waals surface area (Å²) in [6.45, 7) is 3.29. The van der Waals surface area contributed by atoms with E-state index in [2.05, 4.69) is 9.97 Å². The number of rotatable bonds is 17. The lowest BCUT2D eigenvalue weighted by molar-refractivity contribution is -0.145. The van der Waals surface area contributed by atoms with Crippen molar-refractivity contribution < 1.29 is 19.1 Å². The van der Waals surface area contributed by atoms with E-state index in [1.54, 1.807) is 13.8 Å². The van der Waals surface area contributed by atoms with Crippen LogP contribution in [0.15, 0.2) is 31.6 Å². The molecule has 12 heteroatoms. The summed E-state index contributed by atoms with van der Waals surface area (Å²) >= 11 is 0. The van der Waals surface area contributed by atoms with Gasteiger partial charge in [0.05, 0.1) is 13.2 Å². The van der Waals surface area contributed by atoms with Crippen LogP contribution in [-0.2, 0) is 32.2 Å². The van der Waals surface area contributed by atoms with E-state index in [0.29, 0.717) is 24.3 Å². The lowest BCUT2D eigenvalue weighted by atomic mass is 10.1. The first-order chi connectivity index (χ1) is 18.2. The highest BCUT2D eigenvalue weighted by Gasteiger charge is 2.09. The van der Waals surface area contributed by atoms with Gasteiger partial charge < -0.3 is 9.47 Å². The van der Waals surface area contributed by atoms with E-state index in [4.69, 9.17) is 9.47 Å². The minimum atomic E-state index is -0.630. The molecule has 0 saturated carbocycles. The van der Waals surface area contributed by atoms with Crippen LogP contribution in [0.25, 0.3) is 0 Å². The summed E-state index contributed by atoms with van der Waals surface area (Å²) in [6.07, 6.45) is 12.8. The zero-order valence-corrected chi connectivity index (χ0v) is 22.2. The highest BCUT2D eigenvalue weighted by atomic mass is 16.5. The Hall–Kier alpha value is -3.70. The molecule has 2 N–H and O–H groups in total. The van der Waals surface area contributed by atoms with Crippen molar-refractivity contribution in [3.8, 4) is 0 Å². The van der Waals surface area contributed by atoms with E-state index in [1.165, 1.54) is 12.4 Å². The number of aromatic amines is 2. The quantitative estimate of drug-likeness (QED) is 0.229. The second kappa shape index (κ2) is 16.2. The van der Waals surface area contributed by atoms with Gasteiger partial charge in [0, 0.05) is 23.5 Å². The minimum Gasteiger partial charge on any atom is -0.464 e. The van der Waals surface area contributed by atoms with Crippen molar-refractivity contribution in [2.75, 3.05) is 13.2 Å². The molecule has 0 aliphatic rings. The van der Waals surface area contributed by atoms with Gasteiger partial charge in [-0.25, -0.2) is 9.59 Å². The highest BCUT2D eigenvalue weighted by Crippen LogP contribution is 2.11. The highest BCUT2D eigenvalue weighted by molar-refractivity contribution is 5.69. The van der Waals surface area contributed by atoms with Crippen molar-refractivity contribution in [2.45, 2.75) is 91.1 Å². The molecule has 0 atom stereocenters. The number of H-pyrrole nitrogens is 2. The molecule has 0 amide bonds. The number of esters is 2. The molecule has 0 unspecified atom stereocenters. The molecule has 0 radical (unpaired) electrons. The van der Waals surface area contributed by atoms with Crippen LogP contribution in [0.4, 0.5) is 0 Å². The van der Waals surface area contributed by atoms with Crippen molar-refractivity contribution in [2.24, 2.45) is 0 Å². The molecule has 0 aromatic carbocycles. The van der Waals surface area contributed by atoms with Gasteiger partial charge in [-0.05, 0) is 26.7 Å². The Balaban J connectivity index is 1.40. The molecule has 38 heavy (non-hydrogen) atoms. The van der Waals surface area contributed by atoms with E-state index >= 15 is 0 Å². The number of ether oxygens (including phenoxy) is 2. The Bertz CT molecular complexity index is 1190. The minimum absolute atomic E-state index is 0.225. The van der Waals surface area contributed by atoms with E-state index in [0.717, 1.165) is 73.3 Å². The number of nitrogens with zero attached hydrogens (tertiary/aromatic N) is 2. The van der Waals surface area contributed by atoms with Crippen molar-refractivity contribution in [1.82, 2.24) is 19.1 Å². The van der Waals surface area contributed by atoms with Gasteiger partial charge in [-0.1, -0.05) is 51.4 Å². The van der Waals surface area contributed by atoms with Crippen LogP contribution < -0.4 is 22.5 Å². The number of aryl methyl sites for hydroxylation is 2. The van der Waals surface area contributed by atoms with Crippen LogP contribution in [-0.4, -0.2) is 44.3 Å². The zero-order valence-electron chi connectivity index (χ0n) is 22.2. The maximum atomic E-state index is 11.9.